The van der Waals surface area contributed by atoms with E-state index in [4.69, 9.17) is 0 Å². The number of fused-ring (bicyclic) bond motifs is 14. The number of aromatic nitrogens is 1. The summed E-state index contributed by atoms with van der Waals surface area (Å²) in [5, 5.41) is 7.62. The van der Waals surface area contributed by atoms with Gasteiger partial charge in [-0.2, -0.15) is 0 Å². The van der Waals surface area contributed by atoms with Crippen LogP contribution in [0.2, 0.25) is 0 Å². The number of rotatable bonds is 4. The standard InChI is InChI=1S/C59H36N2S2/c1-2-17-38(18-3-1)61-50-25-8-4-19-42(50)45-35-39(32-34-51(45)61)60(52-26-14-30-56-58(52)44-20-5-9-27-53(44)62-56)40-31-33-41-43-21-12-15-37-16-13-24-48(57(37)43)59(49(41)36-40)46-22-6-10-28-54(46)63-55-29-11-7-23-47(55)59/h1-36H. The highest BCUT2D eigenvalue weighted by molar-refractivity contribution is 7.99. The van der Waals surface area contributed by atoms with Gasteiger partial charge >= 0.3 is 0 Å². The van der Waals surface area contributed by atoms with Crippen molar-refractivity contribution in [1.82, 2.24) is 4.57 Å². The lowest BCUT2D eigenvalue weighted by Gasteiger charge is -2.46. The largest absolute Gasteiger partial charge is 0.310 e. The molecule has 12 aromatic rings. The lowest BCUT2D eigenvalue weighted by molar-refractivity contribution is 0.707. The van der Waals surface area contributed by atoms with E-state index in [9.17, 15) is 0 Å². The van der Waals surface area contributed by atoms with Crippen molar-refractivity contribution < 1.29 is 0 Å². The highest BCUT2D eigenvalue weighted by Crippen LogP contribution is 2.62. The summed E-state index contributed by atoms with van der Waals surface area (Å²) in [6.07, 6.45) is 0. The Hall–Kier alpha value is -7.37. The monoisotopic (exact) mass is 836 g/mol. The molecule has 0 atom stereocenters. The highest BCUT2D eigenvalue weighted by atomic mass is 32.2. The van der Waals surface area contributed by atoms with Crippen LogP contribution in [0.1, 0.15) is 22.3 Å². The van der Waals surface area contributed by atoms with E-state index in [-0.39, 0.29) is 0 Å². The first-order valence-corrected chi connectivity index (χ1v) is 23.2. The van der Waals surface area contributed by atoms with Crippen molar-refractivity contribution in [3.05, 3.63) is 241 Å². The Balaban J connectivity index is 1.11. The number of hydrogen-bond acceptors (Lipinski definition) is 3. The van der Waals surface area contributed by atoms with Crippen LogP contribution in [0, 0.1) is 0 Å². The van der Waals surface area contributed by atoms with Crippen LogP contribution in [-0.2, 0) is 5.41 Å². The normalized spacial score (nSPS) is 13.5. The Labute approximate surface area is 372 Å². The van der Waals surface area contributed by atoms with Gasteiger partial charge in [0.1, 0.15) is 0 Å². The molecule has 0 unspecified atom stereocenters. The lowest BCUT2D eigenvalue weighted by atomic mass is 9.59. The van der Waals surface area contributed by atoms with Gasteiger partial charge in [-0.15, -0.1) is 11.3 Å². The molecule has 4 heteroatoms. The van der Waals surface area contributed by atoms with Crippen LogP contribution in [0.3, 0.4) is 0 Å². The van der Waals surface area contributed by atoms with Crippen LogP contribution in [0.5, 0.6) is 0 Å². The van der Waals surface area contributed by atoms with Gasteiger partial charge in [0.15, 0.2) is 0 Å². The molecular weight excluding hydrogens is 801 g/mol. The van der Waals surface area contributed by atoms with E-state index in [0.717, 1.165) is 17.1 Å². The van der Waals surface area contributed by atoms with Crippen LogP contribution in [-0.4, -0.2) is 4.57 Å². The fraction of sp³-hybridized carbons (Fsp3) is 0.0169. The first-order chi connectivity index (χ1) is 31.3. The van der Waals surface area contributed by atoms with Crippen LogP contribution in [0.15, 0.2) is 228 Å². The van der Waals surface area contributed by atoms with E-state index < -0.39 is 5.41 Å². The quantitative estimate of drug-likeness (QED) is 0.174. The van der Waals surface area contributed by atoms with Crippen molar-refractivity contribution >= 4 is 92.9 Å². The average molecular weight is 837 g/mol. The molecule has 0 saturated carbocycles. The van der Waals surface area contributed by atoms with Crippen LogP contribution in [0.25, 0.3) is 69.6 Å². The molecule has 0 amide bonds. The molecule has 2 aliphatic rings. The molecule has 63 heavy (non-hydrogen) atoms. The third-order valence-electron chi connectivity index (χ3n) is 13.6. The maximum Gasteiger partial charge on any atom is 0.0736 e. The van der Waals surface area contributed by atoms with Gasteiger partial charge in [-0.3, -0.25) is 0 Å². The molecule has 1 spiro atoms. The maximum atomic E-state index is 2.54. The van der Waals surface area contributed by atoms with Crippen molar-refractivity contribution in [3.8, 4) is 16.8 Å². The first-order valence-electron chi connectivity index (χ1n) is 21.6. The number of anilines is 3. The molecule has 294 valence electrons. The molecule has 1 aliphatic heterocycles. The van der Waals surface area contributed by atoms with E-state index >= 15 is 0 Å². The van der Waals surface area contributed by atoms with Crippen LogP contribution in [0.4, 0.5) is 17.1 Å². The zero-order chi connectivity index (χ0) is 41.2. The second kappa shape index (κ2) is 13.3. The van der Waals surface area contributed by atoms with Gasteiger partial charge in [0.05, 0.1) is 22.1 Å². The van der Waals surface area contributed by atoms with Crippen LogP contribution >= 0.6 is 23.1 Å². The molecule has 0 bridgehead atoms. The Morgan fingerprint density at radius 2 is 1.03 bits per heavy atom. The Bertz CT molecular complexity index is 3810. The molecule has 3 heterocycles. The van der Waals surface area contributed by atoms with Crippen molar-refractivity contribution in [2.24, 2.45) is 0 Å². The van der Waals surface area contributed by atoms with Crippen molar-refractivity contribution in [3.63, 3.8) is 0 Å². The average Bonchev–Trinajstić information content (AvgIpc) is 3.89. The van der Waals surface area contributed by atoms with Gasteiger partial charge in [0.25, 0.3) is 0 Å². The summed E-state index contributed by atoms with van der Waals surface area (Å²) in [5.74, 6) is 0. The summed E-state index contributed by atoms with van der Waals surface area (Å²) in [6.45, 7) is 0. The maximum absolute atomic E-state index is 2.54. The lowest BCUT2D eigenvalue weighted by Crippen LogP contribution is -2.36. The number of nitrogens with zero attached hydrogens (tertiary/aromatic N) is 2. The summed E-state index contributed by atoms with van der Waals surface area (Å²) in [4.78, 5) is 5.14. The summed E-state index contributed by atoms with van der Waals surface area (Å²) >= 11 is 3.77. The van der Waals surface area contributed by atoms with Crippen molar-refractivity contribution in [1.29, 1.82) is 0 Å². The van der Waals surface area contributed by atoms with E-state index in [0.29, 0.717) is 0 Å². The Kier molecular flexibility index (Phi) is 7.45. The molecule has 0 saturated heterocycles. The van der Waals surface area contributed by atoms with Crippen molar-refractivity contribution in [2.75, 3.05) is 4.90 Å². The zero-order valence-corrected chi connectivity index (χ0v) is 35.6. The number of benzene rings is 10. The fourth-order valence-corrected chi connectivity index (χ4v) is 13.5. The Morgan fingerprint density at radius 3 is 1.87 bits per heavy atom. The van der Waals surface area contributed by atoms with Crippen molar-refractivity contribution in [2.45, 2.75) is 15.2 Å². The predicted molar refractivity (Wildman–Crippen MR) is 267 cm³/mol. The Morgan fingerprint density at radius 1 is 0.397 bits per heavy atom. The molecule has 10 aromatic carbocycles. The third kappa shape index (κ3) is 4.85. The van der Waals surface area contributed by atoms with Gasteiger partial charge in [0.2, 0.25) is 0 Å². The van der Waals surface area contributed by atoms with E-state index in [1.54, 1.807) is 0 Å². The number of hydrogen-bond donors (Lipinski definition) is 0. The van der Waals surface area contributed by atoms with Gasteiger partial charge in [-0.05, 0) is 123 Å². The molecule has 14 rings (SSSR count). The minimum Gasteiger partial charge on any atom is -0.310 e. The minimum absolute atomic E-state index is 0.558. The summed E-state index contributed by atoms with van der Waals surface area (Å²) in [7, 11) is 0. The van der Waals surface area contributed by atoms with E-state index in [1.165, 1.54) is 102 Å². The van der Waals surface area contributed by atoms with Crippen LogP contribution < -0.4 is 4.90 Å². The molecule has 2 nitrogen and oxygen atoms in total. The topological polar surface area (TPSA) is 8.17 Å². The fourth-order valence-electron chi connectivity index (χ4n) is 11.1. The first kappa shape index (κ1) is 35.2. The molecule has 0 N–H and O–H groups in total. The number of thiophene rings is 1. The highest BCUT2D eigenvalue weighted by Gasteiger charge is 2.48. The second-order valence-electron chi connectivity index (χ2n) is 16.8. The van der Waals surface area contributed by atoms with E-state index in [1.807, 2.05) is 23.1 Å². The summed E-state index contributed by atoms with van der Waals surface area (Å²) in [5.41, 5.74) is 14.3. The van der Waals surface area contributed by atoms with Gasteiger partial charge in [-0.25, -0.2) is 0 Å². The second-order valence-corrected chi connectivity index (χ2v) is 18.9. The van der Waals surface area contributed by atoms with Gasteiger partial charge in [0, 0.05) is 57.8 Å². The SMILES string of the molecule is c1ccc(-n2c3ccccc3c3cc(N(c4ccc5c(c4)C4(c6ccccc6Sc6ccccc64)c4cccc6cccc-5c46)c4cccc5sc6ccccc6c45)ccc32)cc1. The molecule has 0 fully saturated rings. The smallest absolute Gasteiger partial charge is 0.0736 e. The van der Waals surface area contributed by atoms with Gasteiger partial charge in [-0.1, -0.05) is 151 Å². The minimum atomic E-state index is -0.558. The summed E-state index contributed by atoms with van der Waals surface area (Å²) in [6, 6.07) is 81.8. The third-order valence-corrected chi connectivity index (χ3v) is 15.9. The molecule has 1 aliphatic carbocycles. The molecule has 2 aromatic heterocycles. The van der Waals surface area contributed by atoms with Gasteiger partial charge < -0.3 is 9.47 Å². The number of para-hydroxylation sites is 2. The molecular formula is C59H36N2S2. The molecule has 0 radical (unpaired) electrons. The summed E-state index contributed by atoms with van der Waals surface area (Å²) < 4.78 is 4.98. The zero-order valence-electron chi connectivity index (χ0n) is 34.0. The van der Waals surface area contributed by atoms with E-state index in [2.05, 4.69) is 228 Å². The predicted octanol–water partition coefficient (Wildman–Crippen LogP) is 16.6.